The van der Waals surface area contributed by atoms with Crippen molar-refractivity contribution in [3.63, 3.8) is 0 Å². The number of nitrogens with zero attached hydrogens (tertiary/aromatic N) is 3. The third kappa shape index (κ3) is 4.19. The van der Waals surface area contributed by atoms with E-state index in [1.54, 1.807) is 22.6 Å². The lowest BCUT2D eigenvalue weighted by molar-refractivity contribution is 0.0735. The monoisotopic (exact) mass is 439 g/mol. The van der Waals surface area contributed by atoms with Crippen LogP contribution in [0.3, 0.4) is 0 Å². The molecule has 0 bridgehead atoms. The lowest BCUT2D eigenvalue weighted by Gasteiger charge is -2.27. The van der Waals surface area contributed by atoms with E-state index in [9.17, 15) is 9.59 Å². The van der Waals surface area contributed by atoms with E-state index in [1.165, 1.54) is 5.56 Å². The molecule has 0 spiro atoms. The van der Waals surface area contributed by atoms with E-state index in [0.29, 0.717) is 22.3 Å². The normalized spacial score (nSPS) is 12.0. The molecule has 0 aliphatic carbocycles. The molecule has 4 aromatic rings. The van der Waals surface area contributed by atoms with E-state index in [-0.39, 0.29) is 11.5 Å². The molecule has 1 amide bonds. The number of para-hydroxylation sites is 1. The third-order valence-corrected chi connectivity index (χ3v) is 6.43. The average molecular weight is 440 g/mol. The predicted octanol–water partition coefficient (Wildman–Crippen LogP) is 5.40. The van der Waals surface area contributed by atoms with Crippen LogP contribution < -0.4 is 5.56 Å². The second-order valence-corrected chi connectivity index (χ2v) is 8.54. The molecule has 3 aromatic carbocycles. The highest BCUT2D eigenvalue weighted by molar-refractivity contribution is 5.94. The van der Waals surface area contributed by atoms with Crippen LogP contribution in [0.15, 0.2) is 71.5 Å². The molecule has 0 fully saturated rings. The number of aryl methyl sites for hydroxylation is 3. The van der Waals surface area contributed by atoms with Crippen LogP contribution in [-0.2, 0) is 6.42 Å². The van der Waals surface area contributed by atoms with Gasteiger partial charge in [0.2, 0.25) is 0 Å². The highest BCUT2D eigenvalue weighted by Crippen LogP contribution is 2.24. The Kier molecular flexibility index (Phi) is 6.14. The van der Waals surface area contributed by atoms with Crippen molar-refractivity contribution >= 4 is 16.8 Å². The van der Waals surface area contributed by atoms with Crippen molar-refractivity contribution in [2.24, 2.45) is 0 Å². The van der Waals surface area contributed by atoms with Gasteiger partial charge in [0.05, 0.1) is 22.6 Å². The number of hydrogen-bond acceptors (Lipinski definition) is 3. The number of fused-ring (bicyclic) bond motifs is 1. The summed E-state index contributed by atoms with van der Waals surface area (Å²) in [6.45, 7) is 8.06. The summed E-state index contributed by atoms with van der Waals surface area (Å²) >= 11 is 0. The van der Waals surface area contributed by atoms with Crippen LogP contribution >= 0.6 is 0 Å². The second-order valence-electron chi connectivity index (χ2n) is 8.54. The van der Waals surface area contributed by atoms with Crippen molar-refractivity contribution in [2.45, 2.75) is 40.2 Å². The topological polar surface area (TPSA) is 55.2 Å². The van der Waals surface area contributed by atoms with Crippen LogP contribution in [0.25, 0.3) is 16.6 Å². The molecule has 4 rings (SSSR count). The van der Waals surface area contributed by atoms with Crippen molar-refractivity contribution in [3.8, 4) is 5.69 Å². The first-order valence-electron chi connectivity index (χ1n) is 11.3. The van der Waals surface area contributed by atoms with Gasteiger partial charge >= 0.3 is 0 Å². The van der Waals surface area contributed by atoms with Crippen LogP contribution in [0.5, 0.6) is 0 Å². The molecule has 0 aliphatic heterocycles. The molecular formula is C28H29N3O2. The maximum atomic E-state index is 13.6. The van der Waals surface area contributed by atoms with Crippen molar-refractivity contribution in [1.82, 2.24) is 14.5 Å². The van der Waals surface area contributed by atoms with Gasteiger partial charge in [0.25, 0.3) is 11.5 Å². The maximum absolute atomic E-state index is 13.6. The van der Waals surface area contributed by atoms with Crippen molar-refractivity contribution < 1.29 is 4.79 Å². The molecule has 33 heavy (non-hydrogen) atoms. The van der Waals surface area contributed by atoms with Crippen LogP contribution in [0.2, 0.25) is 0 Å². The van der Waals surface area contributed by atoms with Gasteiger partial charge < -0.3 is 4.90 Å². The first-order valence-corrected chi connectivity index (χ1v) is 11.3. The summed E-state index contributed by atoms with van der Waals surface area (Å²) in [5.74, 6) is 0.419. The molecule has 1 aromatic heterocycles. The number of carbonyl (C=O) groups excluding carboxylic acids is 1. The summed E-state index contributed by atoms with van der Waals surface area (Å²) < 4.78 is 1.64. The van der Waals surface area contributed by atoms with Gasteiger partial charge in [-0.15, -0.1) is 0 Å². The van der Waals surface area contributed by atoms with Gasteiger partial charge in [-0.3, -0.25) is 14.2 Å². The van der Waals surface area contributed by atoms with E-state index in [4.69, 9.17) is 4.98 Å². The molecular weight excluding hydrogens is 410 g/mol. The van der Waals surface area contributed by atoms with Crippen molar-refractivity contribution in [1.29, 1.82) is 0 Å². The first kappa shape index (κ1) is 22.5. The number of rotatable bonds is 5. The Morgan fingerprint density at radius 2 is 1.70 bits per heavy atom. The third-order valence-electron chi connectivity index (χ3n) is 6.43. The summed E-state index contributed by atoms with van der Waals surface area (Å²) in [5.41, 5.74) is 5.27. The summed E-state index contributed by atoms with van der Waals surface area (Å²) in [6.07, 6.45) is 0.921. The molecule has 1 heterocycles. The summed E-state index contributed by atoms with van der Waals surface area (Å²) in [4.78, 5) is 33.4. The zero-order valence-corrected chi connectivity index (χ0v) is 19.8. The van der Waals surface area contributed by atoms with E-state index in [0.717, 1.165) is 23.2 Å². The molecule has 1 atom stereocenters. The average Bonchev–Trinajstić information content (AvgIpc) is 2.84. The van der Waals surface area contributed by atoms with Gasteiger partial charge in [0.1, 0.15) is 5.82 Å². The first-order chi connectivity index (χ1) is 15.8. The molecule has 5 heteroatoms. The van der Waals surface area contributed by atoms with Gasteiger partial charge in [0, 0.05) is 12.6 Å². The van der Waals surface area contributed by atoms with Gasteiger partial charge in [-0.1, -0.05) is 37.3 Å². The lowest BCUT2D eigenvalue weighted by Crippen LogP contribution is -2.35. The standard InChI is InChI=1S/C28H29N3O2/c1-6-21-12-14-22(15-13-21)27(32)30(5)20(4)26-29-25-10-8-7-9-24(25)28(33)31(26)23-16-11-18(2)19(3)17-23/h7-17,20H,6H2,1-5H3. The molecule has 5 nitrogen and oxygen atoms in total. The Balaban J connectivity index is 1.85. The minimum Gasteiger partial charge on any atom is -0.332 e. The zero-order valence-electron chi connectivity index (χ0n) is 19.8. The molecule has 0 saturated carbocycles. The summed E-state index contributed by atoms with van der Waals surface area (Å²) in [5, 5.41) is 0.552. The fraction of sp³-hybridized carbons (Fsp3) is 0.250. The fourth-order valence-corrected chi connectivity index (χ4v) is 3.98. The van der Waals surface area contributed by atoms with Crippen LogP contribution in [-0.4, -0.2) is 27.4 Å². The minimum atomic E-state index is -0.428. The number of carbonyl (C=O) groups is 1. The quantitative estimate of drug-likeness (QED) is 0.418. The summed E-state index contributed by atoms with van der Waals surface area (Å²) in [6, 6.07) is 20.5. The fourth-order valence-electron chi connectivity index (χ4n) is 3.98. The lowest BCUT2D eigenvalue weighted by atomic mass is 10.1. The van der Waals surface area contributed by atoms with Crippen molar-refractivity contribution in [2.75, 3.05) is 7.05 Å². The Morgan fingerprint density at radius 1 is 1.00 bits per heavy atom. The molecule has 0 saturated heterocycles. The SMILES string of the molecule is CCc1ccc(C(=O)N(C)C(C)c2nc3ccccc3c(=O)n2-c2ccc(C)c(C)c2)cc1. The molecule has 0 radical (unpaired) electrons. The molecule has 1 unspecified atom stereocenters. The molecule has 0 N–H and O–H groups in total. The van der Waals surface area contributed by atoms with Crippen molar-refractivity contribution in [3.05, 3.63) is 105 Å². The van der Waals surface area contributed by atoms with Crippen LogP contribution in [0.1, 0.15) is 52.8 Å². The van der Waals surface area contributed by atoms with E-state index in [1.807, 2.05) is 81.4 Å². The molecule has 168 valence electrons. The number of amides is 1. The summed E-state index contributed by atoms with van der Waals surface area (Å²) in [7, 11) is 1.76. The minimum absolute atomic E-state index is 0.112. The van der Waals surface area contributed by atoms with E-state index >= 15 is 0 Å². The van der Waals surface area contributed by atoms with Gasteiger partial charge in [-0.05, 0) is 80.3 Å². The van der Waals surface area contributed by atoms with E-state index in [2.05, 4.69) is 6.92 Å². The van der Waals surface area contributed by atoms with Gasteiger partial charge in [-0.2, -0.15) is 0 Å². The van der Waals surface area contributed by atoms with Crippen LogP contribution in [0.4, 0.5) is 0 Å². The Labute approximate surface area is 194 Å². The highest BCUT2D eigenvalue weighted by Gasteiger charge is 2.25. The molecule has 0 aliphatic rings. The van der Waals surface area contributed by atoms with Gasteiger partial charge in [-0.25, -0.2) is 4.98 Å². The number of aromatic nitrogens is 2. The van der Waals surface area contributed by atoms with E-state index < -0.39 is 6.04 Å². The maximum Gasteiger partial charge on any atom is 0.266 e. The smallest absolute Gasteiger partial charge is 0.266 e. The Morgan fingerprint density at radius 3 is 2.36 bits per heavy atom. The second kappa shape index (κ2) is 9.02. The van der Waals surface area contributed by atoms with Gasteiger partial charge in [0.15, 0.2) is 0 Å². The Bertz CT molecular complexity index is 1390. The van der Waals surface area contributed by atoms with Crippen LogP contribution in [0, 0.1) is 13.8 Å². The largest absolute Gasteiger partial charge is 0.332 e. The zero-order chi connectivity index (χ0) is 23.7. The number of hydrogen-bond donors (Lipinski definition) is 0. The predicted molar refractivity (Wildman–Crippen MR) is 133 cm³/mol. The number of benzene rings is 3. The Hall–Kier alpha value is -3.73. The highest BCUT2D eigenvalue weighted by atomic mass is 16.2.